The zero-order valence-electron chi connectivity index (χ0n) is 14.4. The maximum Gasteiger partial charge on any atom is 0.263 e. The average Bonchev–Trinajstić information content (AvgIpc) is 3.10. The van der Waals surface area contributed by atoms with Gasteiger partial charge in [0, 0.05) is 19.5 Å². The van der Waals surface area contributed by atoms with Crippen LogP contribution >= 0.6 is 11.3 Å². The summed E-state index contributed by atoms with van der Waals surface area (Å²) in [5.41, 5.74) is 2.05. The molecular weight excluding hydrogens is 322 g/mol. The van der Waals surface area contributed by atoms with E-state index in [1.807, 2.05) is 55.9 Å². The highest BCUT2D eigenvalue weighted by Crippen LogP contribution is 2.28. The van der Waals surface area contributed by atoms with Gasteiger partial charge in [0.1, 0.15) is 17.2 Å². The highest BCUT2D eigenvalue weighted by molar-refractivity contribution is 7.20. The number of likely N-dealkylation sites (N-methyl/N-ethyl adjacent to an activating group) is 1. The van der Waals surface area contributed by atoms with Crippen LogP contribution in [0.2, 0.25) is 0 Å². The Bertz CT molecular complexity index is 847. The Kier molecular flexibility index (Phi) is 4.57. The summed E-state index contributed by atoms with van der Waals surface area (Å²) in [6, 6.07) is 9.82. The first kappa shape index (κ1) is 16.5. The molecule has 0 aliphatic heterocycles. The van der Waals surface area contributed by atoms with E-state index < -0.39 is 0 Å². The van der Waals surface area contributed by atoms with E-state index in [4.69, 9.17) is 4.74 Å². The lowest BCUT2D eigenvalue weighted by Crippen LogP contribution is -2.30. The lowest BCUT2D eigenvalue weighted by atomic mass is 10.2. The van der Waals surface area contributed by atoms with Gasteiger partial charge in [-0.25, -0.2) is 0 Å². The second kappa shape index (κ2) is 6.65. The quantitative estimate of drug-likeness (QED) is 0.713. The summed E-state index contributed by atoms with van der Waals surface area (Å²) in [5, 5.41) is 5.42. The third-order valence-corrected chi connectivity index (χ3v) is 5.22. The maximum atomic E-state index is 12.6. The van der Waals surface area contributed by atoms with Gasteiger partial charge in [-0.15, -0.1) is 11.3 Å². The van der Waals surface area contributed by atoms with E-state index in [0.717, 1.165) is 32.1 Å². The number of carbonyl (C=O) groups is 1. The van der Waals surface area contributed by atoms with Crippen molar-refractivity contribution in [1.82, 2.24) is 14.7 Å². The molecule has 0 aliphatic rings. The van der Waals surface area contributed by atoms with Crippen LogP contribution in [0.4, 0.5) is 0 Å². The van der Waals surface area contributed by atoms with Gasteiger partial charge in [-0.1, -0.05) is 18.2 Å². The molecule has 3 aromatic rings. The number of nitrogens with zero attached hydrogens (tertiary/aromatic N) is 3. The summed E-state index contributed by atoms with van der Waals surface area (Å²) in [6.45, 7) is 4.98. The molecule has 24 heavy (non-hydrogen) atoms. The topological polar surface area (TPSA) is 47.4 Å². The second-order valence-electron chi connectivity index (χ2n) is 5.88. The van der Waals surface area contributed by atoms with Crippen molar-refractivity contribution >= 4 is 27.5 Å². The first-order valence-corrected chi connectivity index (χ1v) is 8.66. The Hall–Kier alpha value is -2.34. The lowest BCUT2D eigenvalue weighted by Gasteiger charge is -2.17. The molecule has 0 saturated carbocycles. The van der Waals surface area contributed by atoms with Crippen molar-refractivity contribution in [3.63, 3.8) is 0 Å². The monoisotopic (exact) mass is 343 g/mol. The molecule has 0 aliphatic carbocycles. The predicted octanol–water partition coefficient (Wildman–Crippen LogP) is 3.40. The molecule has 0 spiro atoms. The molecule has 1 aromatic carbocycles. The van der Waals surface area contributed by atoms with Crippen LogP contribution in [0.5, 0.6) is 5.75 Å². The standard InChI is InChI=1S/C18H21N3O2S/c1-12-7-5-6-8-15(12)23-10-9-20(3)17(22)16-11-14-13(2)19-21(4)18(14)24-16/h5-8,11H,9-10H2,1-4H3. The van der Waals surface area contributed by atoms with Crippen molar-refractivity contribution in [3.8, 4) is 5.75 Å². The third kappa shape index (κ3) is 3.14. The number of fused-ring (bicyclic) bond motifs is 1. The van der Waals surface area contributed by atoms with Crippen LogP contribution < -0.4 is 4.74 Å². The fourth-order valence-electron chi connectivity index (χ4n) is 2.61. The van der Waals surface area contributed by atoms with Crippen molar-refractivity contribution in [2.75, 3.05) is 20.2 Å². The van der Waals surface area contributed by atoms with Crippen molar-refractivity contribution < 1.29 is 9.53 Å². The van der Waals surface area contributed by atoms with Gasteiger partial charge in [-0.2, -0.15) is 5.10 Å². The molecule has 5 nitrogen and oxygen atoms in total. The number of aryl methyl sites for hydroxylation is 3. The first-order chi connectivity index (χ1) is 11.5. The minimum absolute atomic E-state index is 0.0176. The number of benzene rings is 1. The molecule has 0 N–H and O–H groups in total. The number of carbonyl (C=O) groups excluding carboxylic acids is 1. The summed E-state index contributed by atoms with van der Waals surface area (Å²) < 4.78 is 7.60. The van der Waals surface area contributed by atoms with Gasteiger partial charge >= 0.3 is 0 Å². The minimum atomic E-state index is 0.0176. The maximum absolute atomic E-state index is 12.6. The molecule has 0 fully saturated rings. The Morgan fingerprint density at radius 3 is 2.79 bits per heavy atom. The van der Waals surface area contributed by atoms with Crippen molar-refractivity contribution in [1.29, 1.82) is 0 Å². The number of amides is 1. The SMILES string of the molecule is Cc1ccccc1OCCN(C)C(=O)c1cc2c(C)nn(C)c2s1. The zero-order chi connectivity index (χ0) is 17.3. The van der Waals surface area contributed by atoms with E-state index in [2.05, 4.69) is 5.10 Å². The van der Waals surface area contributed by atoms with Crippen molar-refractivity contribution in [2.24, 2.45) is 7.05 Å². The lowest BCUT2D eigenvalue weighted by molar-refractivity contribution is 0.0778. The Morgan fingerprint density at radius 2 is 2.08 bits per heavy atom. The third-order valence-electron chi connectivity index (χ3n) is 4.03. The predicted molar refractivity (Wildman–Crippen MR) is 97.0 cm³/mol. The first-order valence-electron chi connectivity index (χ1n) is 7.84. The van der Waals surface area contributed by atoms with E-state index in [1.54, 1.807) is 11.9 Å². The van der Waals surface area contributed by atoms with Crippen molar-refractivity contribution in [3.05, 3.63) is 46.5 Å². The number of ether oxygens (including phenoxy) is 1. The smallest absolute Gasteiger partial charge is 0.263 e. The van der Waals surface area contributed by atoms with E-state index in [-0.39, 0.29) is 5.91 Å². The molecule has 2 heterocycles. The molecular formula is C18H21N3O2S. The molecule has 0 radical (unpaired) electrons. The van der Waals surface area contributed by atoms with Gasteiger partial charge in [0.15, 0.2) is 0 Å². The van der Waals surface area contributed by atoms with Crippen LogP contribution in [-0.4, -0.2) is 40.8 Å². The number of rotatable bonds is 5. The van der Waals surface area contributed by atoms with Gasteiger partial charge in [-0.3, -0.25) is 9.48 Å². The Labute approximate surface area is 145 Å². The Balaban J connectivity index is 1.63. The van der Waals surface area contributed by atoms with Crippen molar-refractivity contribution in [2.45, 2.75) is 13.8 Å². The number of aromatic nitrogens is 2. The van der Waals surface area contributed by atoms with Crippen LogP contribution in [0, 0.1) is 13.8 Å². The number of para-hydroxylation sites is 1. The highest BCUT2D eigenvalue weighted by atomic mass is 32.1. The van der Waals surface area contributed by atoms with Gasteiger partial charge in [0.2, 0.25) is 0 Å². The largest absolute Gasteiger partial charge is 0.491 e. The Morgan fingerprint density at radius 1 is 1.33 bits per heavy atom. The summed E-state index contributed by atoms with van der Waals surface area (Å²) in [6.07, 6.45) is 0. The molecule has 2 aromatic heterocycles. The van der Waals surface area contributed by atoms with Crippen LogP contribution in [0.15, 0.2) is 30.3 Å². The van der Waals surface area contributed by atoms with Gasteiger partial charge < -0.3 is 9.64 Å². The second-order valence-corrected chi connectivity index (χ2v) is 6.91. The van der Waals surface area contributed by atoms with Crippen LogP contribution in [0.3, 0.4) is 0 Å². The summed E-state index contributed by atoms with van der Waals surface area (Å²) >= 11 is 1.48. The van der Waals surface area contributed by atoms with Gasteiger partial charge in [-0.05, 0) is 31.5 Å². The zero-order valence-corrected chi connectivity index (χ0v) is 15.2. The van der Waals surface area contributed by atoms with E-state index in [0.29, 0.717) is 13.2 Å². The van der Waals surface area contributed by atoms with Gasteiger partial charge in [0.25, 0.3) is 5.91 Å². The highest BCUT2D eigenvalue weighted by Gasteiger charge is 2.18. The van der Waals surface area contributed by atoms with Gasteiger partial charge in [0.05, 0.1) is 17.1 Å². The van der Waals surface area contributed by atoms with E-state index in [9.17, 15) is 4.79 Å². The summed E-state index contributed by atoms with van der Waals surface area (Å²) in [5.74, 6) is 0.880. The van der Waals surface area contributed by atoms with E-state index in [1.165, 1.54) is 11.3 Å². The molecule has 0 atom stereocenters. The molecule has 0 unspecified atom stereocenters. The number of hydrogen-bond acceptors (Lipinski definition) is 4. The number of hydrogen-bond donors (Lipinski definition) is 0. The van der Waals surface area contributed by atoms with Crippen LogP contribution in [0.25, 0.3) is 10.2 Å². The minimum Gasteiger partial charge on any atom is -0.491 e. The summed E-state index contributed by atoms with van der Waals surface area (Å²) in [4.78, 5) is 16.1. The molecule has 126 valence electrons. The van der Waals surface area contributed by atoms with E-state index >= 15 is 0 Å². The molecule has 6 heteroatoms. The summed E-state index contributed by atoms with van der Waals surface area (Å²) in [7, 11) is 3.71. The number of thiophene rings is 1. The fourth-order valence-corrected chi connectivity index (χ4v) is 3.73. The average molecular weight is 343 g/mol. The molecule has 0 bridgehead atoms. The molecule has 3 rings (SSSR count). The molecule has 0 saturated heterocycles. The normalized spacial score (nSPS) is 11.0. The van der Waals surface area contributed by atoms with Crippen LogP contribution in [-0.2, 0) is 7.05 Å². The fraction of sp³-hybridized carbons (Fsp3) is 0.333. The van der Waals surface area contributed by atoms with Crippen LogP contribution in [0.1, 0.15) is 20.9 Å². The molecule has 1 amide bonds.